The first-order valence-electron chi connectivity index (χ1n) is 16.6. The highest BCUT2D eigenvalue weighted by atomic mass is 32.2. The van der Waals surface area contributed by atoms with Crippen molar-refractivity contribution in [3.05, 3.63) is 185 Å². The Labute approximate surface area is 313 Å². The number of anilines is 2. The van der Waals surface area contributed by atoms with Gasteiger partial charge >= 0.3 is 0 Å². The average Bonchev–Trinajstić information content (AvgIpc) is 3.66. The number of halogens is 1. The van der Waals surface area contributed by atoms with Crippen LogP contribution in [0.3, 0.4) is 0 Å². The SMILES string of the molecule is O=C(Nc1cccc(SC(C(=O)Nc2nc(-c3ccc4ccccc4c3)cs2)c2ccccc2)c1)/C(=C/c1ccc(F)cc1)NC(=O)c1ccccc1. The number of thioether (sulfide) groups is 1. The van der Waals surface area contributed by atoms with E-state index in [1.54, 1.807) is 48.5 Å². The molecule has 7 nitrogen and oxygen atoms in total. The van der Waals surface area contributed by atoms with Crippen LogP contribution in [-0.2, 0) is 9.59 Å². The average molecular weight is 735 g/mol. The van der Waals surface area contributed by atoms with Crippen LogP contribution in [0.1, 0.15) is 26.7 Å². The molecule has 53 heavy (non-hydrogen) atoms. The van der Waals surface area contributed by atoms with Crippen LogP contribution in [0.25, 0.3) is 28.1 Å². The van der Waals surface area contributed by atoms with Crippen molar-refractivity contribution >= 4 is 68.5 Å². The molecule has 7 aromatic rings. The van der Waals surface area contributed by atoms with Gasteiger partial charge in [0.15, 0.2) is 5.13 Å². The fraction of sp³-hybridized carbons (Fsp3) is 0.0233. The van der Waals surface area contributed by atoms with Crippen molar-refractivity contribution in [1.29, 1.82) is 0 Å². The minimum Gasteiger partial charge on any atom is -0.321 e. The lowest BCUT2D eigenvalue weighted by molar-refractivity contribution is -0.116. The highest BCUT2D eigenvalue weighted by Gasteiger charge is 2.24. The number of amides is 3. The number of carbonyl (C=O) groups excluding carboxylic acids is 3. The Kier molecular flexibility index (Phi) is 10.8. The zero-order valence-corrected chi connectivity index (χ0v) is 29.7. The second-order valence-corrected chi connectivity index (χ2v) is 13.9. The maximum Gasteiger partial charge on any atom is 0.272 e. The van der Waals surface area contributed by atoms with Gasteiger partial charge in [-0.1, -0.05) is 103 Å². The van der Waals surface area contributed by atoms with Crippen molar-refractivity contribution in [1.82, 2.24) is 10.3 Å². The molecule has 0 fully saturated rings. The van der Waals surface area contributed by atoms with E-state index in [0.717, 1.165) is 32.5 Å². The first-order valence-corrected chi connectivity index (χ1v) is 18.4. The Morgan fingerprint density at radius 1 is 0.717 bits per heavy atom. The first-order chi connectivity index (χ1) is 25.9. The Balaban J connectivity index is 1.09. The van der Waals surface area contributed by atoms with Crippen molar-refractivity contribution in [3.8, 4) is 11.3 Å². The van der Waals surface area contributed by atoms with E-state index in [9.17, 15) is 18.8 Å². The Bertz CT molecular complexity index is 2430. The van der Waals surface area contributed by atoms with Gasteiger partial charge in [-0.3, -0.25) is 14.4 Å². The Morgan fingerprint density at radius 3 is 2.21 bits per heavy atom. The van der Waals surface area contributed by atoms with Crippen molar-refractivity contribution in [2.45, 2.75) is 10.1 Å². The predicted molar refractivity (Wildman–Crippen MR) is 212 cm³/mol. The van der Waals surface area contributed by atoms with Crippen LogP contribution in [-0.4, -0.2) is 22.7 Å². The summed E-state index contributed by atoms with van der Waals surface area (Å²) in [6.07, 6.45) is 1.48. The molecule has 0 aliphatic carbocycles. The largest absolute Gasteiger partial charge is 0.321 e. The van der Waals surface area contributed by atoms with Gasteiger partial charge in [0.1, 0.15) is 16.8 Å². The zero-order valence-electron chi connectivity index (χ0n) is 28.0. The maximum atomic E-state index is 13.9. The summed E-state index contributed by atoms with van der Waals surface area (Å²) < 4.78 is 13.6. The van der Waals surface area contributed by atoms with Gasteiger partial charge in [0, 0.05) is 27.1 Å². The van der Waals surface area contributed by atoms with Gasteiger partial charge in [0.2, 0.25) is 5.91 Å². The number of carbonyl (C=O) groups is 3. The lowest BCUT2D eigenvalue weighted by Gasteiger charge is -2.17. The van der Waals surface area contributed by atoms with Gasteiger partial charge in [-0.2, -0.15) is 0 Å². The van der Waals surface area contributed by atoms with Crippen molar-refractivity contribution in [3.63, 3.8) is 0 Å². The molecular formula is C43H31FN4O3S2. The third kappa shape index (κ3) is 8.93. The molecular weight excluding hydrogens is 704 g/mol. The molecule has 0 bridgehead atoms. The lowest BCUT2D eigenvalue weighted by Crippen LogP contribution is -2.30. The third-order valence-corrected chi connectivity index (χ3v) is 10.2. The summed E-state index contributed by atoms with van der Waals surface area (Å²) in [6, 6.07) is 45.0. The molecule has 260 valence electrons. The van der Waals surface area contributed by atoms with E-state index in [0.29, 0.717) is 21.9 Å². The number of hydrogen-bond acceptors (Lipinski definition) is 6. The van der Waals surface area contributed by atoms with E-state index in [-0.39, 0.29) is 11.6 Å². The summed E-state index contributed by atoms with van der Waals surface area (Å²) in [7, 11) is 0. The molecule has 1 aromatic heterocycles. The van der Waals surface area contributed by atoms with Crippen LogP contribution in [0.5, 0.6) is 0 Å². The number of thiazole rings is 1. The molecule has 0 aliphatic heterocycles. The van der Waals surface area contributed by atoms with E-state index >= 15 is 0 Å². The second-order valence-electron chi connectivity index (χ2n) is 11.9. The topological polar surface area (TPSA) is 100 Å². The molecule has 0 aliphatic rings. The van der Waals surface area contributed by atoms with E-state index in [2.05, 4.69) is 40.2 Å². The zero-order chi connectivity index (χ0) is 36.6. The molecule has 0 saturated heterocycles. The summed E-state index contributed by atoms with van der Waals surface area (Å²) in [6.45, 7) is 0. The fourth-order valence-electron chi connectivity index (χ4n) is 5.53. The number of aromatic nitrogens is 1. The predicted octanol–water partition coefficient (Wildman–Crippen LogP) is 9.98. The minimum atomic E-state index is -0.644. The highest BCUT2D eigenvalue weighted by Crippen LogP contribution is 2.38. The second kappa shape index (κ2) is 16.3. The third-order valence-electron chi connectivity index (χ3n) is 8.18. The Morgan fingerprint density at radius 2 is 1.43 bits per heavy atom. The molecule has 1 atom stereocenters. The Hall–Kier alpha value is -6.36. The van der Waals surface area contributed by atoms with Gasteiger partial charge in [-0.05, 0) is 76.5 Å². The molecule has 0 spiro atoms. The molecule has 0 radical (unpaired) electrons. The van der Waals surface area contributed by atoms with Gasteiger partial charge in [-0.25, -0.2) is 9.37 Å². The fourth-order valence-corrected chi connectivity index (χ4v) is 7.34. The highest BCUT2D eigenvalue weighted by molar-refractivity contribution is 8.00. The normalized spacial score (nSPS) is 11.8. The molecule has 1 unspecified atom stereocenters. The van der Waals surface area contributed by atoms with Crippen LogP contribution in [0, 0.1) is 5.82 Å². The monoisotopic (exact) mass is 734 g/mol. The standard InChI is InChI=1S/C43H31FN4O3S2/c44-34-22-18-28(19-23-34)24-37(46-40(49)31-13-5-2-6-14-31)41(50)45-35-16-9-17-36(26-35)53-39(30-11-3-1-4-12-30)42(51)48-43-47-38(27-52-43)33-21-20-29-10-7-8-15-32(29)25-33/h1-27,39H,(H,45,50)(H,46,49)(H,47,48,51)/b37-24-. The number of hydrogen-bond donors (Lipinski definition) is 3. The number of benzene rings is 6. The summed E-state index contributed by atoms with van der Waals surface area (Å²) in [5.41, 5.74) is 3.85. The summed E-state index contributed by atoms with van der Waals surface area (Å²) in [4.78, 5) is 46.0. The molecule has 3 N–H and O–H groups in total. The van der Waals surface area contributed by atoms with Gasteiger partial charge in [0.25, 0.3) is 11.8 Å². The first kappa shape index (κ1) is 35.1. The number of nitrogens with zero attached hydrogens (tertiary/aromatic N) is 1. The molecule has 10 heteroatoms. The molecule has 1 heterocycles. The van der Waals surface area contributed by atoms with E-state index in [1.165, 1.54) is 53.4 Å². The maximum absolute atomic E-state index is 13.9. The van der Waals surface area contributed by atoms with Crippen molar-refractivity contribution in [2.75, 3.05) is 10.6 Å². The number of rotatable bonds is 11. The summed E-state index contributed by atoms with van der Waals surface area (Å²) in [5, 5.41) is 12.6. The molecule has 3 amide bonds. The summed E-state index contributed by atoms with van der Waals surface area (Å²) in [5.74, 6) is -1.72. The molecule has 6 aromatic carbocycles. The van der Waals surface area contributed by atoms with Gasteiger partial charge in [-0.15, -0.1) is 23.1 Å². The van der Waals surface area contributed by atoms with Gasteiger partial charge in [0.05, 0.1) is 5.69 Å². The number of nitrogens with one attached hydrogen (secondary N) is 3. The van der Waals surface area contributed by atoms with Crippen LogP contribution in [0.4, 0.5) is 15.2 Å². The van der Waals surface area contributed by atoms with Crippen LogP contribution < -0.4 is 16.0 Å². The quantitative estimate of drug-likeness (QED) is 0.0908. The van der Waals surface area contributed by atoms with E-state index < -0.39 is 22.9 Å². The lowest BCUT2D eigenvalue weighted by atomic mass is 10.1. The van der Waals surface area contributed by atoms with Gasteiger partial charge < -0.3 is 16.0 Å². The van der Waals surface area contributed by atoms with Crippen LogP contribution >= 0.6 is 23.1 Å². The van der Waals surface area contributed by atoms with Crippen LogP contribution in [0.15, 0.2) is 168 Å². The molecule has 0 saturated carbocycles. The van der Waals surface area contributed by atoms with E-state index in [4.69, 9.17) is 4.98 Å². The van der Waals surface area contributed by atoms with Crippen LogP contribution in [0.2, 0.25) is 0 Å². The van der Waals surface area contributed by atoms with Crippen molar-refractivity contribution < 1.29 is 18.8 Å². The summed E-state index contributed by atoms with van der Waals surface area (Å²) >= 11 is 2.69. The van der Waals surface area contributed by atoms with E-state index in [1.807, 2.05) is 60.0 Å². The smallest absolute Gasteiger partial charge is 0.272 e. The molecule has 7 rings (SSSR count). The minimum absolute atomic E-state index is 0.0310. The number of fused-ring (bicyclic) bond motifs is 1. The van der Waals surface area contributed by atoms with Crippen molar-refractivity contribution in [2.24, 2.45) is 0 Å².